The fourth-order valence-corrected chi connectivity index (χ4v) is 1.41. The summed E-state index contributed by atoms with van der Waals surface area (Å²) in [4.78, 5) is 0. The molecule has 0 spiro atoms. The van der Waals surface area contributed by atoms with Gasteiger partial charge in [0.15, 0.2) is 0 Å². The zero-order valence-electron chi connectivity index (χ0n) is 6.11. The number of hydrogen-bond acceptors (Lipinski definition) is 2. The number of halogens is 1. The molecule has 0 fully saturated rings. The largest absolute Gasteiger partial charge is 0.309 e. The standard InChI is InChI=1S/C7H11IN2/c1-5(2)6(3-4-9)7(8)10/h3-5,9-10H,1-2H3/b6-3-,9-4?,10-7?. The van der Waals surface area contributed by atoms with Gasteiger partial charge in [-0.15, -0.1) is 0 Å². The van der Waals surface area contributed by atoms with Gasteiger partial charge in [0.1, 0.15) is 0 Å². The zero-order chi connectivity index (χ0) is 8.15. The molecule has 0 rings (SSSR count). The van der Waals surface area contributed by atoms with E-state index in [1.165, 1.54) is 6.21 Å². The molecule has 0 aromatic carbocycles. The summed E-state index contributed by atoms with van der Waals surface area (Å²) in [6.07, 6.45) is 2.89. The van der Waals surface area contributed by atoms with Crippen LogP contribution >= 0.6 is 22.6 Å². The lowest BCUT2D eigenvalue weighted by Gasteiger charge is -2.05. The summed E-state index contributed by atoms with van der Waals surface area (Å²) in [6, 6.07) is 0. The Labute approximate surface area is 74.9 Å². The van der Waals surface area contributed by atoms with Gasteiger partial charge in [0.05, 0.1) is 3.72 Å². The predicted molar refractivity (Wildman–Crippen MR) is 53.5 cm³/mol. The molecule has 0 aliphatic heterocycles. The molecule has 0 aromatic heterocycles. The van der Waals surface area contributed by atoms with E-state index in [0.717, 1.165) is 5.57 Å². The lowest BCUT2D eigenvalue weighted by Crippen LogP contribution is -2.00. The molecule has 0 saturated carbocycles. The normalized spacial score (nSPS) is 11.8. The quantitative estimate of drug-likeness (QED) is 0.571. The van der Waals surface area contributed by atoms with Gasteiger partial charge < -0.3 is 5.41 Å². The Kier molecular flexibility index (Phi) is 4.51. The predicted octanol–water partition coefficient (Wildman–Crippen LogP) is 2.63. The first-order valence-corrected chi connectivity index (χ1v) is 4.12. The molecule has 56 valence electrons. The summed E-state index contributed by atoms with van der Waals surface area (Å²) in [6.45, 7) is 4.03. The number of nitrogens with one attached hydrogen (secondary N) is 2. The van der Waals surface area contributed by atoms with Crippen molar-refractivity contribution in [1.82, 2.24) is 0 Å². The zero-order valence-corrected chi connectivity index (χ0v) is 8.27. The van der Waals surface area contributed by atoms with Crippen molar-refractivity contribution in [2.45, 2.75) is 13.8 Å². The summed E-state index contributed by atoms with van der Waals surface area (Å²) >= 11 is 1.95. The van der Waals surface area contributed by atoms with Crippen molar-refractivity contribution >= 4 is 32.5 Å². The van der Waals surface area contributed by atoms with Crippen molar-refractivity contribution in [2.75, 3.05) is 0 Å². The van der Waals surface area contributed by atoms with Gasteiger partial charge in [-0.3, -0.25) is 5.41 Å². The van der Waals surface area contributed by atoms with E-state index < -0.39 is 0 Å². The molecule has 0 aliphatic carbocycles. The summed E-state index contributed by atoms with van der Waals surface area (Å²) in [5, 5.41) is 14.1. The second kappa shape index (κ2) is 4.60. The van der Waals surface area contributed by atoms with Crippen molar-refractivity contribution in [1.29, 1.82) is 10.8 Å². The number of hydrogen-bond donors (Lipinski definition) is 2. The van der Waals surface area contributed by atoms with Crippen LogP contribution in [0.3, 0.4) is 0 Å². The van der Waals surface area contributed by atoms with Crippen LogP contribution in [0.5, 0.6) is 0 Å². The maximum atomic E-state index is 7.30. The van der Waals surface area contributed by atoms with Gasteiger partial charge in [0.2, 0.25) is 0 Å². The van der Waals surface area contributed by atoms with Crippen LogP contribution < -0.4 is 0 Å². The maximum absolute atomic E-state index is 7.30. The van der Waals surface area contributed by atoms with Gasteiger partial charge in [-0.2, -0.15) is 0 Å². The van der Waals surface area contributed by atoms with E-state index in [1.54, 1.807) is 6.08 Å². The Bertz CT molecular complexity index is 170. The molecule has 0 bridgehead atoms. The van der Waals surface area contributed by atoms with Crippen LogP contribution in [0, 0.1) is 16.7 Å². The SMILES string of the molecule is CC(C)/C(=C/C=N)C(=N)I. The Morgan fingerprint density at radius 3 is 2.10 bits per heavy atom. The first-order chi connectivity index (χ1) is 4.59. The monoisotopic (exact) mass is 250 g/mol. The highest BCUT2D eigenvalue weighted by atomic mass is 127. The van der Waals surface area contributed by atoms with Gasteiger partial charge in [0.25, 0.3) is 0 Å². The van der Waals surface area contributed by atoms with Crippen molar-refractivity contribution in [3.8, 4) is 0 Å². The molecule has 0 heterocycles. The van der Waals surface area contributed by atoms with Crippen molar-refractivity contribution in [3.05, 3.63) is 11.6 Å². The van der Waals surface area contributed by atoms with E-state index in [0.29, 0.717) is 9.64 Å². The van der Waals surface area contributed by atoms with Crippen LogP contribution in [0.25, 0.3) is 0 Å². The topological polar surface area (TPSA) is 47.7 Å². The number of allylic oxidation sites excluding steroid dienone is 2. The Balaban J connectivity index is 4.41. The molecule has 2 nitrogen and oxygen atoms in total. The summed E-state index contributed by atoms with van der Waals surface area (Å²) in [7, 11) is 0. The first kappa shape index (κ1) is 9.81. The minimum absolute atomic E-state index is 0.339. The van der Waals surface area contributed by atoms with Gasteiger partial charge >= 0.3 is 0 Å². The number of rotatable bonds is 3. The molecule has 0 saturated heterocycles. The van der Waals surface area contributed by atoms with Crippen molar-refractivity contribution in [3.63, 3.8) is 0 Å². The average molecular weight is 250 g/mol. The highest BCUT2D eigenvalue weighted by Gasteiger charge is 2.04. The molecule has 2 N–H and O–H groups in total. The average Bonchev–Trinajstić information content (AvgIpc) is 1.81. The van der Waals surface area contributed by atoms with Crippen LogP contribution in [0.15, 0.2) is 11.6 Å². The third-order valence-electron chi connectivity index (χ3n) is 1.14. The summed E-state index contributed by atoms with van der Waals surface area (Å²) in [5.74, 6) is 0.339. The van der Waals surface area contributed by atoms with Crippen LogP contribution in [0.2, 0.25) is 0 Å². The van der Waals surface area contributed by atoms with Crippen LogP contribution in [0.1, 0.15) is 13.8 Å². The second-order valence-electron chi connectivity index (χ2n) is 2.26. The molecular formula is C7H11IN2. The summed E-state index contributed by atoms with van der Waals surface area (Å²) < 4.78 is 0.524. The molecular weight excluding hydrogens is 239 g/mol. The molecule has 0 unspecified atom stereocenters. The van der Waals surface area contributed by atoms with Crippen LogP contribution in [0.4, 0.5) is 0 Å². The fraction of sp³-hybridized carbons (Fsp3) is 0.429. The fourth-order valence-electron chi connectivity index (χ4n) is 0.609. The lowest BCUT2D eigenvalue weighted by atomic mass is 10.1. The Morgan fingerprint density at radius 2 is 2.00 bits per heavy atom. The van der Waals surface area contributed by atoms with E-state index in [1.807, 2.05) is 36.4 Å². The highest BCUT2D eigenvalue weighted by molar-refractivity contribution is 14.1. The van der Waals surface area contributed by atoms with Gasteiger partial charge in [0, 0.05) is 6.21 Å². The van der Waals surface area contributed by atoms with E-state index in [9.17, 15) is 0 Å². The van der Waals surface area contributed by atoms with E-state index in [-0.39, 0.29) is 0 Å². The molecule has 0 amide bonds. The van der Waals surface area contributed by atoms with Crippen LogP contribution in [-0.2, 0) is 0 Å². The van der Waals surface area contributed by atoms with E-state index in [2.05, 4.69) is 0 Å². The molecule has 10 heavy (non-hydrogen) atoms. The van der Waals surface area contributed by atoms with E-state index >= 15 is 0 Å². The van der Waals surface area contributed by atoms with E-state index in [4.69, 9.17) is 10.8 Å². The molecule has 3 heteroatoms. The Hall–Kier alpha value is -0.190. The molecule has 0 radical (unpaired) electrons. The van der Waals surface area contributed by atoms with Crippen LogP contribution in [-0.4, -0.2) is 9.93 Å². The Morgan fingerprint density at radius 1 is 1.50 bits per heavy atom. The first-order valence-electron chi connectivity index (χ1n) is 3.04. The highest BCUT2D eigenvalue weighted by Crippen LogP contribution is 2.13. The van der Waals surface area contributed by atoms with Gasteiger partial charge in [-0.05, 0) is 40.2 Å². The van der Waals surface area contributed by atoms with Crippen molar-refractivity contribution < 1.29 is 0 Å². The third kappa shape index (κ3) is 3.10. The smallest absolute Gasteiger partial charge is 0.0954 e. The second-order valence-corrected chi connectivity index (χ2v) is 3.34. The maximum Gasteiger partial charge on any atom is 0.0954 e. The molecule has 0 atom stereocenters. The lowest BCUT2D eigenvalue weighted by molar-refractivity contribution is 0.806. The minimum Gasteiger partial charge on any atom is -0.309 e. The molecule has 0 aliphatic rings. The summed E-state index contributed by atoms with van der Waals surface area (Å²) in [5.41, 5.74) is 0.926. The third-order valence-corrected chi connectivity index (χ3v) is 1.76. The van der Waals surface area contributed by atoms with Gasteiger partial charge in [-0.1, -0.05) is 13.8 Å². The van der Waals surface area contributed by atoms with Crippen molar-refractivity contribution in [2.24, 2.45) is 5.92 Å². The minimum atomic E-state index is 0.339. The van der Waals surface area contributed by atoms with Gasteiger partial charge in [-0.25, -0.2) is 0 Å². The molecule has 0 aromatic rings.